The van der Waals surface area contributed by atoms with Gasteiger partial charge in [-0.25, -0.2) is 14.5 Å². The van der Waals surface area contributed by atoms with E-state index < -0.39 is 0 Å². The standard InChI is InChI=1S/C19H21N5O4/c1-12-15(11-25)16(22-28-12)18(26)23-9-5-6-13(10-23)17-20-21-19(27)24(17)14-7-3-2-4-8-14/h2-4,7-8,13,25H,5-6,9-11H2,1H3,(H,21,27)/t13-/m0/s1. The van der Waals surface area contributed by atoms with Crippen LogP contribution in [0.3, 0.4) is 0 Å². The van der Waals surface area contributed by atoms with Gasteiger partial charge in [0, 0.05) is 19.0 Å². The first-order chi connectivity index (χ1) is 13.6. The minimum Gasteiger partial charge on any atom is -0.391 e. The first kappa shape index (κ1) is 18.2. The van der Waals surface area contributed by atoms with Crippen molar-refractivity contribution in [2.24, 2.45) is 0 Å². The van der Waals surface area contributed by atoms with Gasteiger partial charge in [0.25, 0.3) is 5.91 Å². The molecule has 0 spiro atoms. The molecule has 0 saturated carbocycles. The quantitative estimate of drug-likeness (QED) is 0.703. The van der Waals surface area contributed by atoms with Crippen molar-refractivity contribution in [2.45, 2.75) is 32.3 Å². The molecular weight excluding hydrogens is 362 g/mol. The summed E-state index contributed by atoms with van der Waals surface area (Å²) < 4.78 is 6.62. The molecule has 1 fully saturated rings. The number of amides is 1. The highest BCUT2D eigenvalue weighted by Gasteiger charge is 2.32. The summed E-state index contributed by atoms with van der Waals surface area (Å²) in [6, 6.07) is 9.29. The molecule has 2 aromatic heterocycles. The fourth-order valence-electron chi connectivity index (χ4n) is 3.68. The molecule has 9 nitrogen and oxygen atoms in total. The van der Waals surface area contributed by atoms with Crippen LogP contribution in [0.15, 0.2) is 39.6 Å². The number of carbonyl (C=O) groups excluding carboxylic acids is 1. The van der Waals surface area contributed by atoms with Crippen LogP contribution in [0.25, 0.3) is 5.69 Å². The molecule has 1 aliphatic heterocycles. The first-order valence-corrected chi connectivity index (χ1v) is 9.18. The molecular formula is C19H21N5O4. The Labute approximate surface area is 160 Å². The van der Waals surface area contributed by atoms with Gasteiger partial charge in [-0.3, -0.25) is 4.79 Å². The first-order valence-electron chi connectivity index (χ1n) is 9.18. The molecule has 1 atom stereocenters. The van der Waals surface area contributed by atoms with Gasteiger partial charge in [-0.2, -0.15) is 5.10 Å². The number of aromatic amines is 1. The fourth-order valence-corrected chi connectivity index (χ4v) is 3.68. The van der Waals surface area contributed by atoms with Crippen molar-refractivity contribution in [3.05, 3.63) is 63.7 Å². The second-order valence-electron chi connectivity index (χ2n) is 6.87. The number of H-pyrrole nitrogens is 1. The number of benzene rings is 1. The van der Waals surface area contributed by atoms with Crippen molar-refractivity contribution in [1.29, 1.82) is 0 Å². The molecule has 2 N–H and O–H groups in total. The van der Waals surface area contributed by atoms with Crippen LogP contribution in [0.2, 0.25) is 0 Å². The summed E-state index contributed by atoms with van der Waals surface area (Å²) in [5, 5.41) is 20.1. The zero-order valence-electron chi connectivity index (χ0n) is 15.5. The van der Waals surface area contributed by atoms with Gasteiger partial charge < -0.3 is 14.5 Å². The van der Waals surface area contributed by atoms with Crippen LogP contribution in [-0.2, 0) is 6.61 Å². The highest BCUT2D eigenvalue weighted by atomic mass is 16.5. The summed E-state index contributed by atoms with van der Waals surface area (Å²) in [5.74, 6) is 0.661. The van der Waals surface area contributed by atoms with Gasteiger partial charge in [0.05, 0.1) is 17.9 Å². The predicted octanol–water partition coefficient (Wildman–Crippen LogP) is 1.37. The topological polar surface area (TPSA) is 117 Å². The molecule has 1 saturated heterocycles. The van der Waals surface area contributed by atoms with Gasteiger partial charge in [0.15, 0.2) is 5.69 Å². The summed E-state index contributed by atoms with van der Waals surface area (Å²) in [4.78, 5) is 26.9. The summed E-state index contributed by atoms with van der Waals surface area (Å²) in [5.41, 5.74) is 0.977. The Bertz CT molecular complexity index is 1040. The second-order valence-corrected chi connectivity index (χ2v) is 6.87. The smallest absolute Gasteiger partial charge is 0.347 e. The summed E-state index contributed by atoms with van der Waals surface area (Å²) in [6.45, 7) is 2.34. The van der Waals surface area contributed by atoms with E-state index in [1.54, 1.807) is 16.4 Å². The van der Waals surface area contributed by atoms with E-state index in [4.69, 9.17) is 4.52 Å². The predicted molar refractivity (Wildman–Crippen MR) is 99.2 cm³/mol. The van der Waals surface area contributed by atoms with Crippen LogP contribution in [0, 0.1) is 6.92 Å². The summed E-state index contributed by atoms with van der Waals surface area (Å²) >= 11 is 0. The number of likely N-dealkylation sites (tertiary alicyclic amines) is 1. The third kappa shape index (κ3) is 3.13. The zero-order chi connectivity index (χ0) is 19.7. The van der Waals surface area contributed by atoms with Crippen LogP contribution < -0.4 is 5.69 Å². The molecule has 1 aromatic carbocycles. The number of nitrogens with one attached hydrogen (secondary N) is 1. The van der Waals surface area contributed by atoms with Crippen molar-refractivity contribution >= 4 is 5.91 Å². The lowest BCUT2D eigenvalue weighted by Gasteiger charge is -2.32. The van der Waals surface area contributed by atoms with Crippen LogP contribution in [0.1, 0.15) is 46.4 Å². The number of piperidine rings is 1. The molecule has 0 bridgehead atoms. The van der Waals surface area contributed by atoms with E-state index in [9.17, 15) is 14.7 Å². The zero-order valence-corrected chi connectivity index (χ0v) is 15.5. The lowest BCUT2D eigenvalue weighted by atomic mass is 9.96. The van der Waals surface area contributed by atoms with E-state index >= 15 is 0 Å². The Hall–Kier alpha value is -3.20. The number of hydrogen-bond donors (Lipinski definition) is 2. The fraction of sp³-hybridized carbons (Fsp3) is 0.368. The van der Waals surface area contributed by atoms with Gasteiger partial charge in [0.2, 0.25) is 0 Å². The Kier molecular flexibility index (Phi) is 4.82. The number of aromatic nitrogens is 4. The molecule has 1 aliphatic rings. The highest BCUT2D eigenvalue weighted by Crippen LogP contribution is 2.28. The third-order valence-electron chi connectivity index (χ3n) is 5.13. The lowest BCUT2D eigenvalue weighted by Crippen LogP contribution is -2.40. The number of nitrogens with zero attached hydrogens (tertiary/aromatic N) is 4. The maximum Gasteiger partial charge on any atom is 0.347 e. The summed E-state index contributed by atoms with van der Waals surface area (Å²) in [7, 11) is 0. The maximum atomic E-state index is 12.9. The SMILES string of the molecule is Cc1onc(C(=O)N2CCC[C@H](c3n[nH]c(=O)n3-c3ccccc3)C2)c1CO. The van der Waals surface area contributed by atoms with Crippen LogP contribution in [0.4, 0.5) is 0 Å². The van der Waals surface area contributed by atoms with Crippen LogP contribution >= 0.6 is 0 Å². The average Bonchev–Trinajstić information content (AvgIpc) is 3.30. The second kappa shape index (κ2) is 7.43. The number of carbonyl (C=O) groups is 1. The van der Waals surface area contributed by atoms with Crippen molar-refractivity contribution in [2.75, 3.05) is 13.1 Å². The largest absolute Gasteiger partial charge is 0.391 e. The Balaban J connectivity index is 1.62. The van der Waals surface area contributed by atoms with E-state index in [1.165, 1.54) is 0 Å². The minimum atomic E-state index is -0.306. The van der Waals surface area contributed by atoms with Crippen LogP contribution in [-0.4, -0.2) is 48.9 Å². The minimum absolute atomic E-state index is 0.0950. The number of aliphatic hydroxyl groups is 1. The van der Waals surface area contributed by atoms with Gasteiger partial charge >= 0.3 is 5.69 Å². The number of aliphatic hydroxyl groups excluding tert-OH is 1. The maximum absolute atomic E-state index is 12.9. The molecule has 0 aliphatic carbocycles. The molecule has 3 heterocycles. The third-order valence-corrected chi connectivity index (χ3v) is 5.13. The normalized spacial score (nSPS) is 17.1. The van der Waals surface area contributed by atoms with Gasteiger partial charge in [-0.1, -0.05) is 23.4 Å². The molecule has 146 valence electrons. The van der Waals surface area contributed by atoms with Crippen molar-refractivity contribution in [3.8, 4) is 5.69 Å². The van der Waals surface area contributed by atoms with E-state index in [0.29, 0.717) is 30.2 Å². The van der Waals surface area contributed by atoms with E-state index in [-0.39, 0.29) is 29.8 Å². The lowest BCUT2D eigenvalue weighted by molar-refractivity contribution is 0.0690. The summed E-state index contributed by atoms with van der Waals surface area (Å²) in [6.07, 6.45) is 1.59. The van der Waals surface area contributed by atoms with Crippen LogP contribution in [0.5, 0.6) is 0 Å². The molecule has 0 unspecified atom stereocenters. The van der Waals surface area contributed by atoms with Gasteiger partial charge in [0.1, 0.15) is 11.6 Å². The van der Waals surface area contributed by atoms with Crippen molar-refractivity contribution in [3.63, 3.8) is 0 Å². The monoisotopic (exact) mass is 383 g/mol. The number of aryl methyl sites for hydroxylation is 1. The molecule has 3 aromatic rings. The van der Waals surface area contributed by atoms with Crippen molar-refractivity contribution in [1.82, 2.24) is 24.8 Å². The number of para-hydroxylation sites is 1. The molecule has 9 heteroatoms. The number of hydrogen-bond acceptors (Lipinski definition) is 6. The average molecular weight is 383 g/mol. The molecule has 0 radical (unpaired) electrons. The molecule has 1 amide bonds. The van der Waals surface area contributed by atoms with Gasteiger partial charge in [-0.05, 0) is 31.9 Å². The molecule has 28 heavy (non-hydrogen) atoms. The van der Waals surface area contributed by atoms with E-state index in [0.717, 1.165) is 18.5 Å². The van der Waals surface area contributed by atoms with Crippen molar-refractivity contribution < 1.29 is 14.4 Å². The Morgan fingerprint density at radius 1 is 1.36 bits per heavy atom. The molecule has 4 rings (SSSR count). The number of rotatable bonds is 4. The highest BCUT2D eigenvalue weighted by molar-refractivity contribution is 5.93. The Morgan fingerprint density at radius 2 is 2.14 bits per heavy atom. The Morgan fingerprint density at radius 3 is 2.89 bits per heavy atom. The van der Waals surface area contributed by atoms with E-state index in [2.05, 4.69) is 15.4 Å². The van der Waals surface area contributed by atoms with Gasteiger partial charge in [-0.15, -0.1) is 0 Å². The van der Waals surface area contributed by atoms with E-state index in [1.807, 2.05) is 30.3 Å².